The molecular weight excluding hydrogens is 564 g/mol. The molecule has 0 heterocycles. The van der Waals surface area contributed by atoms with Gasteiger partial charge in [-0.1, -0.05) is 62.4 Å². The molecule has 0 saturated heterocycles. The van der Waals surface area contributed by atoms with E-state index in [1.807, 2.05) is 38.1 Å². The van der Waals surface area contributed by atoms with Gasteiger partial charge in [0.25, 0.3) is 0 Å². The second kappa shape index (κ2) is 11.3. The van der Waals surface area contributed by atoms with Crippen molar-refractivity contribution in [3.63, 3.8) is 0 Å². The molecule has 0 radical (unpaired) electrons. The lowest BCUT2D eigenvalue weighted by molar-refractivity contribution is 0.473. The molecule has 0 spiro atoms. The van der Waals surface area contributed by atoms with Crippen LogP contribution in [0.3, 0.4) is 0 Å². The van der Waals surface area contributed by atoms with Crippen molar-refractivity contribution < 1.29 is 30.6 Å². The largest absolute Gasteiger partial charge is 0.508 e. The Morgan fingerprint density at radius 3 is 0.822 bits per heavy atom. The van der Waals surface area contributed by atoms with E-state index in [2.05, 4.69) is 0 Å². The quantitative estimate of drug-likeness (QED) is 0.114. The summed E-state index contributed by atoms with van der Waals surface area (Å²) in [5.41, 5.74) is 5.30. The fraction of sp³-hybridized carbons (Fsp3) is 0.0769. The lowest BCUT2D eigenvalue weighted by Crippen LogP contribution is -2.19. The molecule has 6 nitrogen and oxygen atoms in total. The molecule has 0 fully saturated rings. The van der Waals surface area contributed by atoms with Gasteiger partial charge in [-0.25, -0.2) is 0 Å². The van der Waals surface area contributed by atoms with Crippen molar-refractivity contribution in [2.75, 3.05) is 0 Å². The van der Waals surface area contributed by atoms with Gasteiger partial charge in [0.15, 0.2) is 0 Å². The Labute approximate surface area is 261 Å². The van der Waals surface area contributed by atoms with E-state index in [0.29, 0.717) is 44.5 Å². The third-order valence-corrected chi connectivity index (χ3v) is 8.29. The Morgan fingerprint density at radius 2 is 0.600 bits per heavy atom. The fourth-order valence-corrected chi connectivity index (χ4v) is 5.73. The Hall–Kier alpha value is -5.88. The summed E-state index contributed by atoms with van der Waals surface area (Å²) in [6, 6.07) is 34.1. The van der Waals surface area contributed by atoms with Gasteiger partial charge in [0.1, 0.15) is 34.5 Å². The van der Waals surface area contributed by atoms with Crippen molar-refractivity contribution in [3.05, 3.63) is 132 Å². The van der Waals surface area contributed by atoms with E-state index in [1.54, 1.807) is 97.1 Å². The number of benzene rings is 6. The molecule has 0 amide bonds. The van der Waals surface area contributed by atoms with Crippen molar-refractivity contribution >= 4 is 0 Å². The third kappa shape index (κ3) is 5.61. The van der Waals surface area contributed by atoms with Gasteiger partial charge in [-0.2, -0.15) is 0 Å². The fourth-order valence-electron chi connectivity index (χ4n) is 5.73. The topological polar surface area (TPSA) is 121 Å². The minimum atomic E-state index is -0.740. The van der Waals surface area contributed by atoms with Crippen molar-refractivity contribution in [2.24, 2.45) is 0 Å². The second-order valence-electron chi connectivity index (χ2n) is 11.7. The molecule has 0 atom stereocenters. The number of phenols is 6. The van der Waals surface area contributed by atoms with Crippen LogP contribution in [0.25, 0.3) is 44.5 Å². The smallest absolute Gasteiger partial charge is 0.131 e. The van der Waals surface area contributed by atoms with Gasteiger partial charge in [0.05, 0.1) is 0 Å². The third-order valence-electron chi connectivity index (χ3n) is 8.29. The summed E-state index contributed by atoms with van der Waals surface area (Å²) in [4.78, 5) is 0. The van der Waals surface area contributed by atoms with Crippen molar-refractivity contribution in [2.45, 2.75) is 19.3 Å². The molecule has 6 heteroatoms. The van der Waals surface area contributed by atoms with E-state index in [9.17, 15) is 30.6 Å². The van der Waals surface area contributed by atoms with Crippen LogP contribution in [0.15, 0.2) is 121 Å². The molecule has 45 heavy (non-hydrogen) atoms. The minimum Gasteiger partial charge on any atom is -0.508 e. The van der Waals surface area contributed by atoms with Crippen LogP contribution in [0.2, 0.25) is 0 Å². The molecular formula is C39H32O6. The highest BCUT2D eigenvalue weighted by molar-refractivity contribution is 5.86. The Kier molecular flexibility index (Phi) is 7.35. The molecule has 6 aromatic carbocycles. The number of phenolic OH excluding ortho intramolecular Hbond substituents is 6. The number of rotatable bonds is 6. The second-order valence-corrected chi connectivity index (χ2v) is 11.7. The summed E-state index contributed by atoms with van der Waals surface area (Å²) < 4.78 is 0. The number of hydrogen-bond acceptors (Lipinski definition) is 6. The molecule has 0 unspecified atom stereocenters. The van der Waals surface area contributed by atoms with Gasteiger partial charge in [0, 0.05) is 27.7 Å². The van der Waals surface area contributed by atoms with E-state index in [-0.39, 0.29) is 34.5 Å². The van der Waals surface area contributed by atoms with Gasteiger partial charge in [-0.15, -0.1) is 0 Å². The summed E-state index contributed by atoms with van der Waals surface area (Å²) in [6.45, 7) is 4.06. The van der Waals surface area contributed by atoms with E-state index in [1.165, 1.54) is 0 Å². The molecule has 6 rings (SSSR count). The van der Waals surface area contributed by atoms with Crippen LogP contribution in [0, 0.1) is 0 Å². The molecule has 0 aliphatic carbocycles. The van der Waals surface area contributed by atoms with Gasteiger partial charge in [-0.05, 0) is 106 Å². The maximum absolute atomic E-state index is 11.6. The lowest BCUT2D eigenvalue weighted by Gasteiger charge is -2.30. The van der Waals surface area contributed by atoms with Crippen LogP contribution in [-0.4, -0.2) is 30.6 Å². The predicted octanol–water partition coefficient (Wildman–Crippen LogP) is 8.91. The van der Waals surface area contributed by atoms with Crippen LogP contribution < -0.4 is 0 Å². The zero-order valence-electron chi connectivity index (χ0n) is 24.7. The maximum atomic E-state index is 11.6. The highest BCUT2D eigenvalue weighted by Crippen LogP contribution is 2.48. The van der Waals surface area contributed by atoms with Crippen LogP contribution in [0.5, 0.6) is 34.5 Å². The zero-order valence-corrected chi connectivity index (χ0v) is 24.7. The molecule has 0 aliphatic rings. The highest BCUT2D eigenvalue weighted by atomic mass is 16.3. The van der Waals surface area contributed by atoms with E-state index in [0.717, 1.165) is 11.1 Å². The monoisotopic (exact) mass is 596 g/mol. The SMILES string of the molecule is CC(C)(c1cc(-c2cccc(O)c2)c(O)c(-c2cccc(O)c2)c1)c1cc(-c2cccc(O)c2)c(O)c(-c2cccc(O)c2)c1. The maximum Gasteiger partial charge on any atom is 0.131 e. The number of hydrogen-bond donors (Lipinski definition) is 6. The minimum absolute atomic E-state index is 0.00245. The van der Waals surface area contributed by atoms with Gasteiger partial charge >= 0.3 is 0 Å². The van der Waals surface area contributed by atoms with Gasteiger partial charge in [-0.3, -0.25) is 0 Å². The van der Waals surface area contributed by atoms with Gasteiger partial charge in [0.2, 0.25) is 0 Å². The van der Waals surface area contributed by atoms with Crippen molar-refractivity contribution in [1.29, 1.82) is 0 Å². The molecule has 0 saturated carbocycles. The predicted molar refractivity (Wildman–Crippen MR) is 177 cm³/mol. The summed E-state index contributed by atoms with van der Waals surface area (Å²) >= 11 is 0. The van der Waals surface area contributed by atoms with Crippen LogP contribution in [0.4, 0.5) is 0 Å². The first-order chi connectivity index (χ1) is 21.5. The molecule has 0 bridgehead atoms. The molecule has 0 aromatic heterocycles. The first-order valence-electron chi connectivity index (χ1n) is 14.4. The highest BCUT2D eigenvalue weighted by Gasteiger charge is 2.29. The lowest BCUT2D eigenvalue weighted by atomic mass is 9.74. The standard InChI is InChI=1S/C39H32O6/c1-39(2,27-19-33(23-7-3-11-29(40)15-23)37(44)34(20-27)24-8-4-12-30(41)16-24)28-21-35(25-9-5-13-31(42)17-25)38(45)36(22-28)26-10-6-14-32(43)18-26/h3-22,40-45H,1-2H3. The average molecular weight is 597 g/mol. The molecule has 0 aliphatic heterocycles. The average Bonchev–Trinajstić information content (AvgIpc) is 3.01. The van der Waals surface area contributed by atoms with Crippen LogP contribution in [-0.2, 0) is 5.41 Å². The van der Waals surface area contributed by atoms with E-state index < -0.39 is 5.41 Å². The van der Waals surface area contributed by atoms with Crippen molar-refractivity contribution in [3.8, 4) is 79.0 Å². The molecule has 6 aromatic rings. The molecule has 6 N–H and O–H groups in total. The summed E-state index contributed by atoms with van der Waals surface area (Å²) in [7, 11) is 0. The summed E-state index contributed by atoms with van der Waals surface area (Å²) in [5, 5.41) is 64.2. The van der Waals surface area contributed by atoms with Crippen LogP contribution in [0.1, 0.15) is 25.0 Å². The normalized spacial score (nSPS) is 11.4. The summed E-state index contributed by atoms with van der Waals surface area (Å²) in [6.07, 6.45) is 0. The Balaban J connectivity index is 1.63. The first-order valence-corrected chi connectivity index (χ1v) is 14.4. The van der Waals surface area contributed by atoms with Crippen molar-refractivity contribution in [1.82, 2.24) is 0 Å². The van der Waals surface area contributed by atoms with Gasteiger partial charge < -0.3 is 30.6 Å². The van der Waals surface area contributed by atoms with E-state index in [4.69, 9.17) is 0 Å². The Bertz CT molecular complexity index is 1780. The first kappa shape index (κ1) is 29.2. The Morgan fingerprint density at radius 1 is 0.356 bits per heavy atom. The van der Waals surface area contributed by atoms with E-state index >= 15 is 0 Å². The molecule has 224 valence electrons. The zero-order chi connectivity index (χ0) is 31.9. The number of aromatic hydroxyl groups is 6. The summed E-state index contributed by atoms with van der Waals surface area (Å²) in [5.74, 6) is 0.219. The van der Waals surface area contributed by atoms with Crippen LogP contribution >= 0.6 is 0 Å².